The standard InChI is InChI=1S/C22H36ClN3O2/c1-21(2,3)24-15-19(16-7-9-17(23)10-8-16)25-18-11-13-26(14-12-18)20(27)28-22(4,5)6/h7-10,18-19,24-25H,11-15H2,1-6H3. The number of piperidine rings is 1. The van der Waals surface area contributed by atoms with E-state index in [1.807, 2.05) is 37.8 Å². The van der Waals surface area contributed by atoms with Crippen molar-refractivity contribution in [1.29, 1.82) is 0 Å². The van der Waals surface area contributed by atoms with Gasteiger partial charge in [-0.25, -0.2) is 4.79 Å². The van der Waals surface area contributed by atoms with Crippen LogP contribution in [-0.2, 0) is 4.74 Å². The van der Waals surface area contributed by atoms with Crippen molar-refractivity contribution in [2.75, 3.05) is 19.6 Å². The molecule has 1 aliphatic heterocycles. The van der Waals surface area contributed by atoms with Gasteiger partial charge in [-0.2, -0.15) is 0 Å². The Bertz CT molecular complexity index is 627. The summed E-state index contributed by atoms with van der Waals surface area (Å²) >= 11 is 6.06. The maximum absolute atomic E-state index is 12.3. The van der Waals surface area contributed by atoms with Crippen LogP contribution in [0.5, 0.6) is 0 Å². The molecule has 0 radical (unpaired) electrons. The van der Waals surface area contributed by atoms with Gasteiger partial charge in [-0.1, -0.05) is 23.7 Å². The molecule has 1 unspecified atom stereocenters. The Kier molecular flexibility index (Phi) is 7.77. The Labute approximate surface area is 175 Å². The van der Waals surface area contributed by atoms with E-state index < -0.39 is 5.60 Å². The molecule has 0 aromatic heterocycles. The zero-order valence-electron chi connectivity index (χ0n) is 18.1. The first-order valence-electron chi connectivity index (χ1n) is 10.2. The van der Waals surface area contributed by atoms with Crippen molar-refractivity contribution in [3.8, 4) is 0 Å². The molecule has 2 rings (SSSR count). The van der Waals surface area contributed by atoms with Crippen LogP contribution in [0.4, 0.5) is 4.79 Å². The highest BCUT2D eigenvalue weighted by Gasteiger charge is 2.28. The lowest BCUT2D eigenvalue weighted by Gasteiger charge is -2.36. The molecule has 0 spiro atoms. The number of hydrogen-bond acceptors (Lipinski definition) is 4. The molecule has 0 bridgehead atoms. The fourth-order valence-electron chi connectivity index (χ4n) is 3.22. The quantitative estimate of drug-likeness (QED) is 0.736. The van der Waals surface area contributed by atoms with Crippen molar-refractivity contribution in [3.63, 3.8) is 0 Å². The van der Waals surface area contributed by atoms with Gasteiger partial charge < -0.3 is 20.3 Å². The number of nitrogens with zero attached hydrogens (tertiary/aromatic N) is 1. The SMILES string of the molecule is CC(C)(C)NCC(NC1CCN(C(=O)OC(C)(C)C)CC1)c1ccc(Cl)cc1. The molecule has 1 aromatic rings. The van der Waals surface area contributed by atoms with Gasteiger partial charge in [-0.05, 0) is 72.1 Å². The van der Waals surface area contributed by atoms with E-state index in [2.05, 4.69) is 43.5 Å². The second-order valence-corrected chi connectivity index (χ2v) is 10.1. The van der Waals surface area contributed by atoms with E-state index in [4.69, 9.17) is 16.3 Å². The molecule has 1 aromatic carbocycles. The highest BCUT2D eigenvalue weighted by Crippen LogP contribution is 2.21. The van der Waals surface area contributed by atoms with Crippen molar-refractivity contribution in [2.24, 2.45) is 0 Å². The molecule has 1 saturated heterocycles. The van der Waals surface area contributed by atoms with Crippen molar-refractivity contribution in [3.05, 3.63) is 34.9 Å². The van der Waals surface area contributed by atoms with E-state index in [9.17, 15) is 4.79 Å². The number of benzene rings is 1. The second kappa shape index (κ2) is 9.47. The lowest BCUT2D eigenvalue weighted by Crippen LogP contribution is -2.49. The van der Waals surface area contributed by atoms with Gasteiger partial charge in [0.05, 0.1) is 0 Å². The topological polar surface area (TPSA) is 53.6 Å². The van der Waals surface area contributed by atoms with Gasteiger partial charge in [0.15, 0.2) is 0 Å². The summed E-state index contributed by atoms with van der Waals surface area (Å²) in [4.78, 5) is 14.1. The zero-order valence-corrected chi connectivity index (χ0v) is 18.9. The van der Waals surface area contributed by atoms with Crippen LogP contribution in [0.1, 0.15) is 66.0 Å². The molecule has 28 heavy (non-hydrogen) atoms. The average Bonchev–Trinajstić information content (AvgIpc) is 2.57. The van der Waals surface area contributed by atoms with Crippen LogP contribution in [-0.4, -0.2) is 47.8 Å². The first kappa shape index (κ1) is 23.0. The molecule has 2 N–H and O–H groups in total. The minimum Gasteiger partial charge on any atom is -0.444 e. The van der Waals surface area contributed by atoms with Crippen molar-refractivity contribution < 1.29 is 9.53 Å². The minimum absolute atomic E-state index is 0.0480. The Morgan fingerprint density at radius 2 is 1.71 bits per heavy atom. The first-order chi connectivity index (χ1) is 12.9. The molecule has 1 atom stereocenters. The van der Waals surface area contributed by atoms with Crippen LogP contribution in [0, 0.1) is 0 Å². The highest BCUT2D eigenvalue weighted by molar-refractivity contribution is 6.30. The summed E-state index contributed by atoms with van der Waals surface area (Å²) in [6, 6.07) is 8.60. The maximum atomic E-state index is 12.3. The van der Waals surface area contributed by atoms with Crippen LogP contribution in [0.15, 0.2) is 24.3 Å². The number of ether oxygens (including phenoxy) is 1. The maximum Gasteiger partial charge on any atom is 0.410 e. The van der Waals surface area contributed by atoms with Crippen LogP contribution in [0.2, 0.25) is 5.02 Å². The number of hydrogen-bond donors (Lipinski definition) is 2. The number of nitrogens with one attached hydrogen (secondary N) is 2. The third-order valence-corrected chi connectivity index (χ3v) is 4.94. The van der Waals surface area contributed by atoms with E-state index in [-0.39, 0.29) is 17.7 Å². The lowest BCUT2D eigenvalue weighted by atomic mass is 9.99. The molecule has 5 nitrogen and oxygen atoms in total. The predicted molar refractivity (Wildman–Crippen MR) is 116 cm³/mol. The number of carbonyl (C=O) groups excluding carboxylic acids is 1. The van der Waals surface area contributed by atoms with E-state index in [1.54, 1.807) is 0 Å². The normalized spacial score (nSPS) is 17.5. The molecule has 1 amide bonds. The Morgan fingerprint density at radius 1 is 1.14 bits per heavy atom. The lowest BCUT2D eigenvalue weighted by molar-refractivity contribution is 0.0195. The predicted octanol–water partition coefficient (Wildman–Crippen LogP) is 4.76. The van der Waals surface area contributed by atoms with Gasteiger partial charge in [-0.3, -0.25) is 0 Å². The van der Waals surface area contributed by atoms with Gasteiger partial charge in [-0.15, -0.1) is 0 Å². The summed E-state index contributed by atoms with van der Waals surface area (Å²) < 4.78 is 5.49. The number of likely N-dealkylation sites (tertiary alicyclic amines) is 1. The van der Waals surface area contributed by atoms with Crippen LogP contribution < -0.4 is 10.6 Å². The van der Waals surface area contributed by atoms with Gasteiger partial charge in [0.2, 0.25) is 0 Å². The monoisotopic (exact) mass is 409 g/mol. The van der Waals surface area contributed by atoms with Crippen molar-refractivity contribution in [2.45, 2.75) is 77.6 Å². The summed E-state index contributed by atoms with van der Waals surface area (Å²) in [5.74, 6) is 0. The summed E-state index contributed by atoms with van der Waals surface area (Å²) in [7, 11) is 0. The number of halogens is 1. The van der Waals surface area contributed by atoms with Gasteiger partial charge in [0.1, 0.15) is 5.60 Å². The Balaban J connectivity index is 1.95. The van der Waals surface area contributed by atoms with E-state index >= 15 is 0 Å². The molecular formula is C22H36ClN3O2. The number of rotatable bonds is 5. The Hall–Kier alpha value is -1.30. The molecular weight excluding hydrogens is 374 g/mol. The second-order valence-electron chi connectivity index (χ2n) is 9.64. The van der Waals surface area contributed by atoms with Crippen LogP contribution >= 0.6 is 11.6 Å². The third kappa shape index (κ3) is 7.98. The zero-order chi connectivity index (χ0) is 20.9. The molecule has 1 aliphatic rings. The van der Waals surface area contributed by atoms with E-state index in [1.165, 1.54) is 5.56 Å². The van der Waals surface area contributed by atoms with Crippen LogP contribution in [0.25, 0.3) is 0 Å². The largest absolute Gasteiger partial charge is 0.444 e. The van der Waals surface area contributed by atoms with Crippen molar-refractivity contribution >= 4 is 17.7 Å². The molecule has 0 saturated carbocycles. The Morgan fingerprint density at radius 3 is 2.21 bits per heavy atom. The van der Waals surface area contributed by atoms with Crippen molar-refractivity contribution in [1.82, 2.24) is 15.5 Å². The fraction of sp³-hybridized carbons (Fsp3) is 0.682. The molecule has 1 heterocycles. The average molecular weight is 410 g/mol. The summed E-state index contributed by atoms with van der Waals surface area (Å²) in [6.45, 7) is 14.5. The van der Waals surface area contributed by atoms with Gasteiger partial charge >= 0.3 is 6.09 Å². The van der Waals surface area contributed by atoms with Gasteiger partial charge in [0, 0.05) is 42.3 Å². The minimum atomic E-state index is -0.454. The van der Waals surface area contributed by atoms with E-state index in [0.717, 1.165) is 24.4 Å². The summed E-state index contributed by atoms with van der Waals surface area (Å²) in [6.07, 6.45) is 1.62. The molecule has 0 aliphatic carbocycles. The van der Waals surface area contributed by atoms with Crippen LogP contribution in [0.3, 0.4) is 0 Å². The number of amides is 1. The van der Waals surface area contributed by atoms with E-state index in [0.29, 0.717) is 19.1 Å². The number of carbonyl (C=O) groups is 1. The molecule has 1 fully saturated rings. The van der Waals surface area contributed by atoms with Gasteiger partial charge in [0.25, 0.3) is 0 Å². The highest BCUT2D eigenvalue weighted by atomic mass is 35.5. The molecule has 6 heteroatoms. The summed E-state index contributed by atoms with van der Waals surface area (Å²) in [5.41, 5.74) is 0.812. The molecule has 158 valence electrons. The first-order valence-corrected chi connectivity index (χ1v) is 10.6. The smallest absolute Gasteiger partial charge is 0.410 e. The summed E-state index contributed by atoms with van der Waals surface area (Å²) in [5, 5.41) is 8.13. The third-order valence-electron chi connectivity index (χ3n) is 4.69. The fourth-order valence-corrected chi connectivity index (χ4v) is 3.34.